The van der Waals surface area contributed by atoms with Crippen LogP contribution in [-0.4, -0.2) is 39.8 Å². The largest absolute Gasteiger partial charge is 0.478 e. The highest BCUT2D eigenvalue weighted by atomic mass is 32.1. The second-order valence-corrected chi connectivity index (χ2v) is 4.43. The molecular weight excluding hydrogens is 246 g/mol. The van der Waals surface area contributed by atoms with Crippen molar-refractivity contribution in [2.75, 3.05) is 6.54 Å². The van der Waals surface area contributed by atoms with E-state index in [9.17, 15) is 19.8 Å². The van der Waals surface area contributed by atoms with Gasteiger partial charge in [-0.25, -0.2) is 4.79 Å². The molecule has 0 aliphatic heterocycles. The monoisotopic (exact) mass is 259 g/mol. The van der Waals surface area contributed by atoms with Gasteiger partial charge in [-0.3, -0.25) is 4.79 Å². The summed E-state index contributed by atoms with van der Waals surface area (Å²) in [6.07, 6.45) is -2.38. The predicted molar refractivity (Wildman–Crippen MR) is 60.9 cm³/mol. The zero-order valence-electron chi connectivity index (χ0n) is 9.08. The van der Waals surface area contributed by atoms with E-state index in [0.717, 1.165) is 11.3 Å². The molecule has 0 fully saturated rings. The first-order chi connectivity index (χ1) is 7.91. The second kappa shape index (κ2) is 5.76. The number of carbonyl (C=O) groups excluding carboxylic acids is 1. The zero-order valence-corrected chi connectivity index (χ0v) is 9.90. The molecule has 17 heavy (non-hydrogen) atoms. The van der Waals surface area contributed by atoms with E-state index in [1.54, 1.807) is 0 Å². The Morgan fingerprint density at radius 3 is 2.59 bits per heavy atom. The summed E-state index contributed by atoms with van der Waals surface area (Å²) in [7, 11) is 0. The van der Waals surface area contributed by atoms with Crippen LogP contribution < -0.4 is 5.32 Å². The quantitative estimate of drug-likeness (QED) is 0.594. The van der Waals surface area contributed by atoms with Crippen LogP contribution >= 0.6 is 11.3 Å². The lowest BCUT2D eigenvalue weighted by molar-refractivity contribution is -0.119. The van der Waals surface area contributed by atoms with Crippen molar-refractivity contribution < 1.29 is 24.9 Å². The van der Waals surface area contributed by atoms with Crippen molar-refractivity contribution in [1.29, 1.82) is 0 Å². The Morgan fingerprint density at radius 1 is 1.47 bits per heavy atom. The maximum Gasteiger partial charge on any atom is 0.336 e. The first kappa shape index (κ1) is 13.6. The van der Waals surface area contributed by atoms with E-state index in [4.69, 9.17) is 5.11 Å². The van der Waals surface area contributed by atoms with Gasteiger partial charge in [0.2, 0.25) is 5.91 Å². The summed E-state index contributed by atoms with van der Waals surface area (Å²) in [5.74, 6) is -1.40. The maximum absolute atomic E-state index is 10.6. The summed E-state index contributed by atoms with van der Waals surface area (Å²) in [5.41, 5.74) is 0.0655. The predicted octanol–water partition coefficient (Wildman–Crippen LogP) is -0.0233. The van der Waals surface area contributed by atoms with Crippen LogP contribution in [0, 0.1) is 0 Å². The van der Waals surface area contributed by atoms with Crippen molar-refractivity contribution in [3.8, 4) is 0 Å². The Bertz CT molecular complexity index is 417. The number of hydrogen-bond acceptors (Lipinski definition) is 5. The lowest BCUT2D eigenvalue weighted by Crippen LogP contribution is -2.33. The normalized spacial score (nSPS) is 14.1. The van der Waals surface area contributed by atoms with Crippen LogP contribution in [0.3, 0.4) is 0 Å². The molecule has 0 aromatic carbocycles. The van der Waals surface area contributed by atoms with Crippen molar-refractivity contribution >= 4 is 23.2 Å². The van der Waals surface area contributed by atoms with E-state index in [0.29, 0.717) is 4.88 Å². The molecule has 1 amide bonds. The van der Waals surface area contributed by atoms with Gasteiger partial charge in [-0.2, -0.15) is 0 Å². The first-order valence-electron chi connectivity index (χ1n) is 4.84. The summed E-state index contributed by atoms with van der Waals surface area (Å²) in [5, 5.41) is 31.7. The van der Waals surface area contributed by atoms with Gasteiger partial charge in [-0.1, -0.05) is 0 Å². The molecule has 0 aliphatic rings. The highest BCUT2D eigenvalue weighted by Gasteiger charge is 2.21. The Labute approximate surface area is 102 Å². The molecule has 94 valence electrons. The second-order valence-electron chi connectivity index (χ2n) is 3.49. The van der Waals surface area contributed by atoms with Crippen molar-refractivity contribution in [2.45, 2.75) is 19.1 Å². The number of thiophene rings is 1. The van der Waals surface area contributed by atoms with Gasteiger partial charge < -0.3 is 20.6 Å². The summed E-state index contributed by atoms with van der Waals surface area (Å²) in [4.78, 5) is 21.6. The molecule has 0 aliphatic carbocycles. The molecular formula is C10H13NO5S. The van der Waals surface area contributed by atoms with Crippen LogP contribution in [0.5, 0.6) is 0 Å². The number of carbonyl (C=O) groups is 2. The molecule has 0 saturated heterocycles. The van der Waals surface area contributed by atoms with Crippen LogP contribution in [0.4, 0.5) is 0 Å². The number of nitrogens with one attached hydrogen (secondary N) is 1. The van der Waals surface area contributed by atoms with Crippen LogP contribution in [0.1, 0.15) is 28.3 Å². The van der Waals surface area contributed by atoms with Gasteiger partial charge in [0.15, 0.2) is 0 Å². The van der Waals surface area contributed by atoms with Gasteiger partial charge in [0.05, 0.1) is 5.56 Å². The molecule has 0 spiro atoms. The van der Waals surface area contributed by atoms with Crippen molar-refractivity contribution in [2.24, 2.45) is 0 Å². The number of aromatic carboxylic acids is 1. The fourth-order valence-electron chi connectivity index (χ4n) is 1.17. The average Bonchev–Trinajstić information content (AvgIpc) is 2.73. The van der Waals surface area contributed by atoms with Crippen LogP contribution in [0.25, 0.3) is 0 Å². The standard InChI is InChI=1S/C10H13NO5S/c1-5(12)11-3-7(13)9(14)8-2-6(4-17-8)10(15)16/h2,4,7,9,13-14H,3H2,1H3,(H,11,12)(H,15,16). The molecule has 1 aromatic rings. The molecule has 6 nitrogen and oxygen atoms in total. The first-order valence-corrected chi connectivity index (χ1v) is 5.72. The van der Waals surface area contributed by atoms with Gasteiger partial charge in [0, 0.05) is 23.7 Å². The van der Waals surface area contributed by atoms with E-state index in [2.05, 4.69) is 5.32 Å². The van der Waals surface area contributed by atoms with E-state index < -0.39 is 18.2 Å². The highest BCUT2D eigenvalue weighted by molar-refractivity contribution is 7.10. The molecule has 2 atom stereocenters. The average molecular weight is 259 g/mol. The molecule has 0 saturated carbocycles. The van der Waals surface area contributed by atoms with Crippen LogP contribution in [0.2, 0.25) is 0 Å². The van der Waals surface area contributed by atoms with E-state index >= 15 is 0 Å². The van der Waals surface area contributed by atoms with Crippen molar-refractivity contribution in [3.63, 3.8) is 0 Å². The molecule has 1 heterocycles. The summed E-state index contributed by atoms with van der Waals surface area (Å²) in [6.45, 7) is 1.21. The Balaban J connectivity index is 2.64. The number of carboxylic acids is 1. The number of aliphatic hydroxyl groups is 2. The summed E-state index contributed by atoms with van der Waals surface area (Å²) < 4.78 is 0. The number of rotatable bonds is 5. The molecule has 1 rings (SSSR count). The third-order valence-corrected chi connectivity index (χ3v) is 3.09. The van der Waals surface area contributed by atoms with Gasteiger partial charge in [-0.15, -0.1) is 11.3 Å². The summed E-state index contributed by atoms with van der Waals surface area (Å²) >= 11 is 1.05. The van der Waals surface area contributed by atoms with Gasteiger partial charge in [0.1, 0.15) is 12.2 Å². The minimum Gasteiger partial charge on any atom is -0.478 e. The third-order valence-electron chi connectivity index (χ3n) is 2.08. The van der Waals surface area contributed by atoms with Crippen LogP contribution in [0.15, 0.2) is 11.4 Å². The molecule has 1 aromatic heterocycles. The molecule has 0 bridgehead atoms. The van der Waals surface area contributed by atoms with Gasteiger partial charge in [-0.05, 0) is 6.07 Å². The third kappa shape index (κ3) is 3.81. The lowest BCUT2D eigenvalue weighted by Gasteiger charge is -2.16. The van der Waals surface area contributed by atoms with E-state index in [1.165, 1.54) is 18.4 Å². The Kier molecular flexibility index (Phi) is 4.62. The molecule has 2 unspecified atom stereocenters. The molecule has 7 heteroatoms. The highest BCUT2D eigenvalue weighted by Crippen LogP contribution is 2.24. The smallest absolute Gasteiger partial charge is 0.336 e. The molecule has 0 radical (unpaired) electrons. The fourth-order valence-corrected chi connectivity index (χ4v) is 2.09. The van der Waals surface area contributed by atoms with E-state index in [-0.39, 0.29) is 18.0 Å². The maximum atomic E-state index is 10.6. The number of carboxylic acid groups (broad SMARTS) is 1. The van der Waals surface area contributed by atoms with Crippen molar-refractivity contribution in [1.82, 2.24) is 5.32 Å². The zero-order chi connectivity index (χ0) is 13.0. The van der Waals surface area contributed by atoms with Crippen LogP contribution in [-0.2, 0) is 4.79 Å². The fraction of sp³-hybridized carbons (Fsp3) is 0.400. The Hall–Kier alpha value is -1.44. The topological polar surface area (TPSA) is 107 Å². The summed E-state index contributed by atoms with van der Waals surface area (Å²) in [6, 6.07) is 1.30. The lowest BCUT2D eigenvalue weighted by atomic mass is 10.1. The number of aliphatic hydroxyl groups excluding tert-OH is 2. The van der Waals surface area contributed by atoms with E-state index in [1.807, 2.05) is 0 Å². The Morgan fingerprint density at radius 2 is 2.12 bits per heavy atom. The number of amides is 1. The van der Waals surface area contributed by atoms with Gasteiger partial charge in [0.25, 0.3) is 0 Å². The minimum absolute atomic E-state index is 0.0655. The SMILES string of the molecule is CC(=O)NCC(O)C(O)c1cc(C(=O)O)cs1. The molecule has 4 N–H and O–H groups in total. The minimum atomic E-state index is -1.21. The number of hydrogen-bond donors (Lipinski definition) is 4. The van der Waals surface area contributed by atoms with Gasteiger partial charge >= 0.3 is 5.97 Å². The van der Waals surface area contributed by atoms with Crippen molar-refractivity contribution in [3.05, 3.63) is 21.9 Å².